The van der Waals surface area contributed by atoms with E-state index < -0.39 is 21.6 Å². The van der Waals surface area contributed by atoms with Gasteiger partial charge in [-0.2, -0.15) is 0 Å². The Morgan fingerprint density at radius 3 is 2.56 bits per heavy atom. The highest BCUT2D eigenvalue weighted by molar-refractivity contribution is 7.88. The number of aryl methyl sites for hydroxylation is 2. The summed E-state index contributed by atoms with van der Waals surface area (Å²) < 4.78 is 46.4. The summed E-state index contributed by atoms with van der Waals surface area (Å²) in [6.07, 6.45) is 0.822. The largest absolute Gasteiger partial charge is 0.492 e. The predicted octanol–water partition coefficient (Wildman–Crippen LogP) is 3.83. The molecule has 1 amide bonds. The zero-order valence-corrected chi connectivity index (χ0v) is 19.8. The summed E-state index contributed by atoms with van der Waals surface area (Å²) in [4.78, 5) is 12.4. The van der Waals surface area contributed by atoms with Gasteiger partial charge in [-0.3, -0.25) is 4.79 Å². The van der Waals surface area contributed by atoms with Crippen molar-refractivity contribution in [2.45, 2.75) is 32.4 Å². The molecule has 0 aliphatic carbocycles. The van der Waals surface area contributed by atoms with E-state index in [4.69, 9.17) is 16.3 Å². The molecular weight excluding hydrogens is 455 g/mol. The first-order valence-corrected chi connectivity index (χ1v) is 12.5. The molecule has 0 saturated carbocycles. The van der Waals surface area contributed by atoms with Gasteiger partial charge in [-0.05, 0) is 62.1 Å². The lowest BCUT2D eigenvalue weighted by Crippen LogP contribution is -2.44. The van der Waals surface area contributed by atoms with Gasteiger partial charge < -0.3 is 10.1 Å². The molecule has 9 heteroatoms. The first-order chi connectivity index (χ1) is 15.2. The van der Waals surface area contributed by atoms with Crippen LogP contribution in [0.1, 0.15) is 29.5 Å². The molecule has 3 rings (SSSR count). The summed E-state index contributed by atoms with van der Waals surface area (Å²) >= 11 is 5.97. The molecule has 2 aromatic rings. The summed E-state index contributed by atoms with van der Waals surface area (Å²) in [5.74, 6) is -0.747. The minimum absolute atomic E-state index is 0.0298. The summed E-state index contributed by atoms with van der Waals surface area (Å²) in [6.45, 7) is 5.20. The third-order valence-corrected chi connectivity index (χ3v) is 7.91. The minimum atomic E-state index is -3.73. The number of nitrogens with one attached hydrogen (secondary N) is 1. The van der Waals surface area contributed by atoms with Crippen LogP contribution >= 0.6 is 11.6 Å². The van der Waals surface area contributed by atoms with Crippen LogP contribution in [0.25, 0.3) is 0 Å². The highest BCUT2D eigenvalue weighted by atomic mass is 35.5. The van der Waals surface area contributed by atoms with Crippen LogP contribution < -0.4 is 10.1 Å². The predicted molar refractivity (Wildman–Crippen MR) is 123 cm³/mol. The molecule has 2 aromatic carbocycles. The first-order valence-electron chi connectivity index (χ1n) is 10.6. The molecule has 1 aliphatic rings. The van der Waals surface area contributed by atoms with Crippen LogP contribution in [0.15, 0.2) is 36.4 Å². The summed E-state index contributed by atoms with van der Waals surface area (Å²) in [6, 6.07) is 9.94. The normalized spacial score (nSPS) is 15.5. The number of carbonyl (C=O) groups excluding carboxylic acids is 1. The molecule has 0 bridgehead atoms. The molecule has 1 N–H and O–H groups in total. The number of hydrogen-bond acceptors (Lipinski definition) is 4. The van der Waals surface area contributed by atoms with Gasteiger partial charge >= 0.3 is 0 Å². The molecule has 0 unspecified atom stereocenters. The number of rotatable bonds is 8. The quantitative estimate of drug-likeness (QED) is 0.580. The molecule has 0 spiro atoms. The molecule has 1 aliphatic heterocycles. The van der Waals surface area contributed by atoms with Gasteiger partial charge in [-0.15, -0.1) is 0 Å². The van der Waals surface area contributed by atoms with Gasteiger partial charge in [0.25, 0.3) is 0 Å². The SMILES string of the molecule is Cc1ccc(OCCNC(=O)C2CCN(S(=O)(=O)Cc3c(F)cccc3Cl)CC2)cc1C. The van der Waals surface area contributed by atoms with Crippen molar-refractivity contribution in [3.05, 3.63) is 63.9 Å². The topological polar surface area (TPSA) is 75.7 Å². The van der Waals surface area contributed by atoms with Gasteiger partial charge in [0.05, 0.1) is 12.3 Å². The third kappa shape index (κ3) is 6.21. The fourth-order valence-corrected chi connectivity index (χ4v) is 5.55. The average Bonchev–Trinajstić information content (AvgIpc) is 2.76. The number of carbonyl (C=O) groups is 1. The molecule has 174 valence electrons. The molecule has 1 saturated heterocycles. The Morgan fingerprint density at radius 2 is 1.91 bits per heavy atom. The van der Waals surface area contributed by atoms with Gasteiger partial charge in [0.2, 0.25) is 15.9 Å². The van der Waals surface area contributed by atoms with E-state index in [9.17, 15) is 17.6 Å². The van der Waals surface area contributed by atoms with Gasteiger partial charge in [-0.1, -0.05) is 23.7 Å². The fraction of sp³-hybridized carbons (Fsp3) is 0.435. The molecule has 6 nitrogen and oxygen atoms in total. The number of amides is 1. The second kappa shape index (κ2) is 10.6. The second-order valence-electron chi connectivity index (χ2n) is 8.02. The zero-order valence-electron chi connectivity index (χ0n) is 18.2. The highest BCUT2D eigenvalue weighted by Crippen LogP contribution is 2.26. The van der Waals surface area contributed by atoms with Crippen molar-refractivity contribution in [1.29, 1.82) is 0 Å². The van der Waals surface area contributed by atoms with Crippen molar-refractivity contribution >= 4 is 27.5 Å². The van der Waals surface area contributed by atoms with Gasteiger partial charge in [0.1, 0.15) is 18.2 Å². The maximum atomic E-state index is 14.0. The number of piperidine rings is 1. The van der Waals surface area contributed by atoms with E-state index in [1.54, 1.807) is 0 Å². The number of benzene rings is 2. The van der Waals surface area contributed by atoms with Crippen LogP contribution in [0.4, 0.5) is 4.39 Å². The summed E-state index contributed by atoms with van der Waals surface area (Å²) in [7, 11) is -3.73. The van der Waals surface area contributed by atoms with Gasteiger partial charge in [0.15, 0.2) is 0 Å². The number of sulfonamides is 1. The van der Waals surface area contributed by atoms with Crippen molar-refractivity contribution in [1.82, 2.24) is 9.62 Å². The summed E-state index contributed by atoms with van der Waals surface area (Å²) in [5.41, 5.74) is 2.30. The average molecular weight is 483 g/mol. The highest BCUT2D eigenvalue weighted by Gasteiger charge is 2.32. The van der Waals surface area contributed by atoms with Crippen molar-refractivity contribution < 1.29 is 22.3 Å². The second-order valence-corrected chi connectivity index (χ2v) is 10.4. The Hall–Kier alpha value is -2.16. The number of halogens is 2. The number of ether oxygens (including phenoxy) is 1. The van der Waals surface area contributed by atoms with Crippen LogP contribution in [-0.2, 0) is 20.6 Å². The Morgan fingerprint density at radius 1 is 1.19 bits per heavy atom. The van der Waals surface area contributed by atoms with E-state index in [1.165, 1.54) is 28.1 Å². The Kier molecular flexibility index (Phi) is 8.14. The monoisotopic (exact) mass is 482 g/mol. The molecule has 0 radical (unpaired) electrons. The maximum Gasteiger partial charge on any atom is 0.223 e. The molecule has 0 atom stereocenters. The van der Waals surface area contributed by atoms with Crippen molar-refractivity contribution in [2.75, 3.05) is 26.2 Å². The lowest BCUT2D eigenvalue weighted by molar-refractivity contribution is -0.126. The van der Waals surface area contributed by atoms with Crippen molar-refractivity contribution in [3.63, 3.8) is 0 Å². The number of nitrogens with zero attached hydrogens (tertiary/aromatic N) is 1. The maximum absolute atomic E-state index is 14.0. The molecule has 1 heterocycles. The molecule has 0 aromatic heterocycles. The zero-order chi connectivity index (χ0) is 23.3. The van der Waals surface area contributed by atoms with Crippen molar-refractivity contribution in [2.24, 2.45) is 5.92 Å². The Balaban J connectivity index is 1.44. The Bertz CT molecular complexity index is 1050. The van der Waals surface area contributed by atoms with E-state index in [1.807, 2.05) is 32.0 Å². The van der Waals surface area contributed by atoms with Crippen LogP contribution in [0.2, 0.25) is 5.02 Å². The molecule has 32 heavy (non-hydrogen) atoms. The van der Waals surface area contributed by atoms with Crippen LogP contribution in [-0.4, -0.2) is 44.9 Å². The Labute approximate surface area is 193 Å². The van der Waals surface area contributed by atoms with E-state index in [2.05, 4.69) is 5.32 Å². The van der Waals surface area contributed by atoms with E-state index in [0.717, 1.165) is 11.3 Å². The van der Waals surface area contributed by atoms with Crippen molar-refractivity contribution in [3.8, 4) is 5.75 Å². The van der Waals surface area contributed by atoms with Crippen LogP contribution in [0, 0.1) is 25.6 Å². The van der Waals surface area contributed by atoms with Crippen LogP contribution in [0.5, 0.6) is 5.75 Å². The lowest BCUT2D eigenvalue weighted by atomic mass is 9.97. The smallest absolute Gasteiger partial charge is 0.223 e. The molecule has 1 fully saturated rings. The van der Waals surface area contributed by atoms with Gasteiger partial charge in [0, 0.05) is 29.6 Å². The molecular formula is C23H28ClFN2O4S. The fourth-order valence-electron chi connectivity index (χ4n) is 3.63. The third-order valence-electron chi connectivity index (χ3n) is 5.75. The van der Waals surface area contributed by atoms with Gasteiger partial charge in [-0.25, -0.2) is 17.1 Å². The van der Waals surface area contributed by atoms with Crippen LogP contribution in [0.3, 0.4) is 0 Å². The lowest BCUT2D eigenvalue weighted by Gasteiger charge is -2.30. The summed E-state index contributed by atoms with van der Waals surface area (Å²) in [5, 5.41) is 2.95. The van der Waals surface area contributed by atoms with E-state index in [-0.39, 0.29) is 35.5 Å². The standard InChI is InChI=1S/C23H28ClFN2O4S/c1-16-6-7-19(14-17(16)2)31-13-10-26-23(28)18-8-11-27(12-9-18)32(29,30)15-20-21(24)4-3-5-22(20)25/h3-7,14,18H,8-13,15H2,1-2H3,(H,26,28). The minimum Gasteiger partial charge on any atom is -0.492 e. The van der Waals surface area contributed by atoms with E-state index in [0.29, 0.717) is 26.0 Å². The number of hydrogen-bond donors (Lipinski definition) is 1. The van der Waals surface area contributed by atoms with E-state index >= 15 is 0 Å². The first kappa shape index (κ1) is 24.5.